The van der Waals surface area contributed by atoms with E-state index >= 15 is 0 Å². The van der Waals surface area contributed by atoms with Crippen LogP contribution < -0.4 is 10.6 Å². The van der Waals surface area contributed by atoms with Gasteiger partial charge in [0.1, 0.15) is 5.82 Å². The second-order valence-corrected chi connectivity index (χ2v) is 8.34. The lowest BCUT2D eigenvalue weighted by molar-refractivity contribution is -0.136. The molecule has 0 fully saturated rings. The Morgan fingerprint density at radius 3 is 2.38 bits per heavy atom. The highest BCUT2D eigenvalue weighted by Gasteiger charge is 2.36. The molecule has 1 aliphatic heterocycles. The minimum atomic E-state index is -4.78. The predicted molar refractivity (Wildman–Crippen MR) is 114 cm³/mol. The Balaban J connectivity index is 1.54. The van der Waals surface area contributed by atoms with Crippen LogP contribution in [0.5, 0.6) is 0 Å². The highest BCUT2D eigenvalue weighted by atomic mass is 32.2. The number of rotatable bonds is 4. The fourth-order valence-corrected chi connectivity index (χ4v) is 4.55. The van der Waals surface area contributed by atoms with Crippen molar-refractivity contribution in [2.45, 2.75) is 22.7 Å². The maximum absolute atomic E-state index is 13.8. The summed E-state index contributed by atoms with van der Waals surface area (Å²) in [6.07, 6.45) is -4.36. The molecule has 2 N–H and O–H groups in total. The molecular formula is C23H16F4N2O2S. The van der Waals surface area contributed by atoms with Crippen LogP contribution in [0, 0.1) is 5.82 Å². The summed E-state index contributed by atoms with van der Waals surface area (Å²) >= 11 is 1.30. The molecule has 1 aliphatic rings. The van der Waals surface area contributed by atoms with E-state index in [1.165, 1.54) is 36.0 Å². The van der Waals surface area contributed by atoms with E-state index in [-0.39, 0.29) is 11.3 Å². The number of benzene rings is 3. The molecule has 0 aliphatic carbocycles. The van der Waals surface area contributed by atoms with Gasteiger partial charge >= 0.3 is 6.18 Å². The minimum absolute atomic E-state index is 0.175. The minimum Gasteiger partial charge on any atom is -0.325 e. The van der Waals surface area contributed by atoms with Gasteiger partial charge in [-0.05, 0) is 48.4 Å². The first-order valence-electron chi connectivity index (χ1n) is 9.55. The third-order valence-corrected chi connectivity index (χ3v) is 6.22. The summed E-state index contributed by atoms with van der Waals surface area (Å²) in [7, 11) is 0. The lowest BCUT2D eigenvalue weighted by Gasteiger charge is -2.17. The molecule has 0 saturated carbocycles. The zero-order valence-electron chi connectivity index (χ0n) is 16.4. The summed E-state index contributed by atoms with van der Waals surface area (Å²) < 4.78 is 54.8. The molecule has 32 heavy (non-hydrogen) atoms. The van der Waals surface area contributed by atoms with Crippen molar-refractivity contribution in [2.75, 3.05) is 10.6 Å². The number of nitrogens with one attached hydrogen (secondary N) is 2. The number of hydrogen-bond donors (Lipinski definition) is 2. The Morgan fingerprint density at radius 1 is 0.938 bits per heavy atom. The van der Waals surface area contributed by atoms with E-state index in [2.05, 4.69) is 10.6 Å². The van der Waals surface area contributed by atoms with Gasteiger partial charge in [-0.1, -0.05) is 30.3 Å². The zero-order valence-corrected chi connectivity index (χ0v) is 17.2. The quantitative estimate of drug-likeness (QED) is 0.488. The highest BCUT2D eigenvalue weighted by molar-refractivity contribution is 8.01. The van der Waals surface area contributed by atoms with Crippen molar-refractivity contribution in [2.24, 2.45) is 0 Å². The molecule has 0 radical (unpaired) electrons. The van der Waals surface area contributed by atoms with Crippen molar-refractivity contribution in [1.82, 2.24) is 0 Å². The number of thioether (sulfide) groups is 1. The first-order valence-corrected chi connectivity index (χ1v) is 10.4. The monoisotopic (exact) mass is 460 g/mol. The fraction of sp³-hybridized carbons (Fsp3) is 0.130. The molecule has 4 nitrogen and oxygen atoms in total. The van der Waals surface area contributed by atoms with Crippen molar-refractivity contribution in [1.29, 1.82) is 0 Å². The number of alkyl halides is 3. The zero-order chi connectivity index (χ0) is 22.9. The number of carbonyl (C=O) groups is 2. The molecule has 1 atom stereocenters. The number of halogens is 4. The standard InChI is InChI=1S/C23H16F4N2O2S/c24-17-7-3-2-6-15(17)21(30)28-14-9-10-18(16(12-14)23(25,26)27)29-22(31)20-11-13-5-1-4-8-19(13)32-20/h1-10,12,20H,11H2,(H,28,30)(H,29,31). The largest absolute Gasteiger partial charge is 0.418 e. The molecule has 1 heterocycles. The van der Waals surface area contributed by atoms with Gasteiger partial charge in [-0.2, -0.15) is 13.2 Å². The van der Waals surface area contributed by atoms with Crippen molar-refractivity contribution >= 4 is 35.0 Å². The number of carbonyl (C=O) groups excluding carboxylic acids is 2. The van der Waals surface area contributed by atoms with Gasteiger partial charge in [0.2, 0.25) is 5.91 Å². The Hall–Kier alpha value is -3.33. The number of anilines is 2. The van der Waals surface area contributed by atoms with E-state index in [0.717, 1.165) is 22.6 Å². The molecule has 2 amide bonds. The molecule has 164 valence electrons. The molecule has 0 aromatic heterocycles. The summed E-state index contributed by atoms with van der Waals surface area (Å²) in [6, 6.07) is 15.6. The van der Waals surface area contributed by atoms with E-state index < -0.39 is 40.3 Å². The van der Waals surface area contributed by atoms with Crippen LogP contribution in [-0.2, 0) is 17.4 Å². The highest BCUT2D eigenvalue weighted by Crippen LogP contribution is 2.39. The number of hydrogen-bond acceptors (Lipinski definition) is 3. The van der Waals surface area contributed by atoms with Gasteiger partial charge < -0.3 is 10.6 Å². The Morgan fingerprint density at radius 2 is 1.66 bits per heavy atom. The van der Waals surface area contributed by atoms with Crippen LogP contribution in [0.3, 0.4) is 0 Å². The van der Waals surface area contributed by atoms with Crippen LogP contribution in [-0.4, -0.2) is 17.1 Å². The second-order valence-electron chi connectivity index (χ2n) is 7.10. The average Bonchev–Trinajstić information content (AvgIpc) is 3.19. The first-order chi connectivity index (χ1) is 15.2. The summed E-state index contributed by atoms with van der Waals surface area (Å²) in [5, 5.41) is 4.08. The van der Waals surface area contributed by atoms with Crippen LogP contribution in [0.1, 0.15) is 21.5 Å². The van der Waals surface area contributed by atoms with Gasteiger partial charge in [-0.15, -0.1) is 11.8 Å². The van der Waals surface area contributed by atoms with Crippen LogP contribution >= 0.6 is 11.8 Å². The molecule has 0 bridgehead atoms. The van der Waals surface area contributed by atoms with E-state index in [1.54, 1.807) is 0 Å². The predicted octanol–water partition coefficient (Wildman–Crippen LogP) is 5.75. The lowest BCUT2D eigenvalue weighted by Crippen LogP contribution is -2.26. The van der Waals surface area contributed by atoms with Crippen molar-refractivity contribution in [3.05, 3.63) is 89.2 Å². The molecule has 0 saturated heterocycles. The normalized spacial score (nSPS) is 15.2. The molecule has 1 unspecified atom stereocenters. The van der Waals surface area contributed by atoms with Gasteiger partial charge in [0, 0.05) is 10.6 Å². The maximum Gasteiger partial charge on any atom is 0.418 e. The van der Waals surface area contributed by atoms with Gasteiger partial charge in [-0.25, -0.2) is 4.39 Å². The Bertz CT molecular complexity index is 1170. The van der Waals surface area contributed by atoms with Crippen molar-refractivity contribution in [3.8, 4) is 0 Å². The second kappa shape index (κ2) is 8.66. The van der Waals surface area contributed by atoms with Crippen LogP contribution in [0.4, 0.5) is 28.9 Å². The van der Waals surface area contributed by atoms with E-state index in [9.17, 15) is 27.2 Å². The molecular weight excluding hydrogens is 444 g/mol. The van der Waals surface area contributed by atoms with Gasteiger partial charge in [-0.3, -0.25) is 9.59 Å². The lowest BCUT2D eigenvalue weighted by atomic mass is 10.1. The first kappa shape index (κ1) is 21.9. The van der Waals surface area contributed by atoms with E-state index in [0.29, 0.717) is 12.5 Å². The van der Waals surface area contributed by atoms with Gasteiger partial charge in [0.05, 0.1) is 22.1 Å². The number of amides is 2. The summed E-state index contributed by atoms with van der Waals surface area (Å²) in [6.45, 7) is 0. The van der Waals surface area contributed by atoms with Crippen LogP contribution in [0.15, 0.2) is 71.6 Å². The SMILES string of the molecule is O=C(Nc1ccc(NC(=O)C2Cc3ccccc3S2)c(C(F)(F)F)c1)c1ccccc1F. The summed E-state index contributed by atoms with van der Waals surface area (Å²) in [4.78, 5) is 25.8. The maximum atomic E-state index is 13.8. The number of fused-ring (bicyclic) bond motifs is 1. The molecule has 3 aromatic carbocycles. The Kier molecular flexibility index (Phi) is 5.92. The summed E-state index contributed by atoms with van der Waals surface area (Å²) in [5.74, 6) is -2.21. The van der Waals surface area contributed by atoms with E-state index in [4.69, 9.17) is 0 Å². The van der Waals surface area contributed by atoms with Crippen molar-refractivity contribution in [3.63, 3.8) is 0 Å². The average molecular weight is 460 g/mol. The molecule has 4 rings (SSSR count). The summed E-state index contributed by atoms with van der Waals surface area (Å²) in [5.41, 5.74) is -1.02. The molecule has 9 heteroatoms. The molecule has 0 spiro atoms. The van der Waals surface area contributed by atoms with Gasteiger partial charge in [0.25, 0.3) is 5.91 Å². The van der Waals surface area contributed by atoms with Gasteiger partial charge in [0.15, 0.2) is 0 Å². The third-order valence-electron chi connectivity index (χ3n) is 4.90. The van der Waals surface area contributed by atoms with Crippen LogP contribution in [0.2, 0.25) is 0 Å². The van der Waals surface area contributed by atoms with Crippen LogP contribution in [0.25, 0.3) is 0 Å². The van der Waals surface area contributed by atoms with Crippen molar-refractivity contribution < 1.29 is 27.2 Å². The topological polar surface area (TPSA) is 58.2 Å². The third kappa shape index (κ3) is 4.62. The Labute approximate surface area is 185 Å². The fourth-order valence-electron chi connectivity index (χ4n) is 3.35. The molecule has 3 aromatic rings. The smallest absolute Gasteiger partial charge is 0.325 e. The van der Waals surface area contributed by atoms with E-state index in [1.807, 2.05) is 24.3 Å².